The van der Waals surface area contributed by atoms with Gasteiger partial charge in [0.2, 0.25) is 0 Å². The molecular weight excluding hydrogens is 407 g/mol. The average Bonchev–Trinajstić information content (AvgIpc) is 3.02. The second-order valence-corrected chi connectivity index (χ2v) is 9.56. The molecule has 2 aromatic carbocycles. The lowest BCUT2D eigenvalue weighted by atomic mass is 9.81. The summed E-state index contributed by atoms with van der Waals surface area (Å²) in [5.41, 5.74) is 1.54. The molecule has 4 rings (SSSR count). The molecule has 32 heavy (non-hydrogen) atoms. The molecular formula is C26H33FN2O3. The van der Waals surface area contributed by atoms with Gasteiger partial charge in [-0.1, -0.05) is 38.1 Å². The van der Waals surface area contributed by atoms with Crippen molar-refractivity contribution < 1.29 is 18.7 Å². The van der Waals surface area contributed by atoms with Crippen molar-refractivity contribution in [2.45, 2.75) is 51.3 Å². The number of rotatable bonds is 7. The van der Waals surface area contributed by atoms with Gasteiger partial charge in [-0.05, 0) is 54.8 Å². The number of hydrogen-bond donors (Lipinski definition) is 0. The minimum Gasteiger partial charge on any atom is -0.493 e. The molecule has 0 N–H and O–H groups in total. The summed E-state index contributed by atoms with van der Waals surface area (Å²) in [5.74, 6) is 1.05. The van der Waals surface area contributed by atoms with Gasteiger partial charge in [0.25, 0.3) is 0 Å². The highest BCUT2D eigenvalue weighted by Crippen LogP contribution is 2.40. The van der Waals surface area contributed by atoms with E-state index >= 15 is 0 Å². The fraction of sp³-hybridized carbons (Fsp3) is 0.500. The maximum Gasteiger partial charge on any atom is 0.411 e. The molecule has 0 radical (unpaired) electrons. The van der Waals surface area contributed by atoms with Gasteiger partial charge in [0.15, 0.2) is 0 Å². The van der Waals surface area contributed by atoms with Gasteiger partial charge in [0.1, 0.15) is 17.2 Å². The summed E-state index contributed by atoms with van der Waals surface area (Å²) in [4.78, 5) is 17.2. The van der Waals surface area contributed by atoms with E-state index in [2.05, 4.69) is 25.8 Å². The minimum atomic E-state index is -0.502. The maximum atomic E-state index is 13.4. The molecule has 6 heteroatoms. The van der Waals surface area contributed by atoms with Crippen LogP contribution in [-0.4, -0.2) is 54.3 Å². The zero-order chi connectivity index (χ0) is 22.7. The van der Waals surface area contributed by atoms with E-state index in [4.69, 9.17) is 9.47 Å². The summed E-state index contributed by atoms with van der Waals surface area (Å²) < 4.78 is 25.3. The lowest BCUT2D eigenvalue weighted by molar-refractivity contribution is -0.0165. The third kappa shape index (κ3) is 5.07. The van der Waals surface area contributed by atoms with E-state index in [0.717, 1.165) is 42.8 Å². The quantitative estimate of drug-likeness (QED) is 0.615. The third-order valence-corrected chi connectivity index (χ3v) is 6.54. The number of amides is 1. The van der Waals surface area contributed by atoms with Crippen LogP contribution in [0.15, 0.2) is 48.5 Å². The van der Waals surface area contributed by atoms with Crippen molar-refractivity contribution in [1.82, 2.24) is 9.80 Å². The Kier molecular flexibility index (Phi) is 6.70. The molecule has 2 heterocycles. The Balaban J connectivity index is 1.54. The van der Waals surface area contributed by atoms with Crippen LogP contribution in [-0.2, 0) is 17.7 Å². The first-order valence-corrected chi connectivity index (χ1v) is 11.5. The van der Waals surface area contributed by atoms with Gasteiger partial charge in [-0.3, -0.25) is 4.90 Å². The summed E-state index contributed by atoms with van der Waals surface area (Å²) in [6.45, 7) is 7.17. The van der Waals surface area contributed by atoms with Crippen molar-refractivity contribution in [3.05, 3.63) is 65.5 Å². The molecule has 2 fully saturated rings. The lowest BCUT2D eigenvalue weighted by Crippen LogP contribution is -2.52. The Morgan fingerprint density at radius 2 is 1.69 bits per heavy atom. The molecule has 172 valence electrons. The molecule has 2 aliphatic heterocycles. The number of likely N-dealkylation sites (tertiary alicyclic amines) is 1. The molecule has 1 amide bonds. The Labute approximate surface area is 190 Å². The van der Waals surface area contributed by atoms with E-state index in [1.165, 1.54) is 12.1 Å². The fourth-order valence-electron chi connectivity index (χ4n) is 4.61. The highest BCUT2D eigenvalue weighted by atomic mass is 19.1. The van der Waals surface area contributed by atoms with Crippen molar-refractivity contribution in [1.29, 1.82) is 0 Å². The number of ether oxygens (including phenoxy) is 2. The molecule has 0 bridgehead atoms. The van der Waals surface area contributed by atoms with Crippen LogP contribution in [0.5, 0.6) is 5.75 Å². The van der Waals surface area contributed by atoms with E-state index in [-0.39, 0.29) is 18.0 Å². The minimum absolute atomic E-state index is 0.0916. The second kappa shape index (κ2) is 9.49. The fourth-order valence-corrected chi connectivity index (χ4v) is 4.61. The van der Waals surface area contributed by atoms with Crippen LogP contribution in [0.2, 0.25) is 0 Å². The highest BCUT2D eigenvalue weighted by molar-refractivity contribution is 5.72. The van der Waals surface area contributed by atoms with Gasteiger partial charge in [-0.25, -0.2) is 9.18 Å². The smallest absolute Gasteiger partial charge is 0.411 e. The molecule has 0 aromatic heterocycles. The predicted octanol–water partition coefficient (Wildman–Crippen LogP) is 4.89. The van der Waals surface area contributed by atoms with Gasteiger partial charge in [0, 0.05) is 32.5 Å². The largest absolute Gasteiger partial charge is 0.493 e. The maximum absolute atomic E-state index is 13.4. The number of benzene rings is 2. The van der Waals surface area contributed by atoms with Gasteiger partial charge in [-0.15, -0.1) is 0 Å². The van der Waals surface area contributed by atoms with E-state index in [9.17, 15) is 9.18 Å². The van der Waals surface area contributed by atoms with Crippen LogP contribution in [0.4, 0.5) is 9.18 Å². The van der Waals surface area contributed by atoms with Gasteiger partial charge in [-0.2, -0.15) is 0 Å². The predicted molar refractivity (Wildman–Crippen MR) is 122 cm³/mol. The van der Waals surface area contributed by atoms with E-state index in [1.54, 1.807) is 12.1 Å². The second-order valence-electron chi connectivity index (χ2n) is 9.56. The number of piperidine rings is 1. The van der Waals surface area contributed by atoms with E-state index < -0.39 is 5.60 Å². The SMILES string of the molecule is CC(C)COc1ccc(CN2C(=O)OC3(CCN(C)CC3)[C@H]2Cc2ccc(F)cc2)cc1. The van der Waals surface area contributed by atoms with Crippen LogP contribution in [0.1, 0.15) is 37.8 Å². The van der Waals surface area contributed by atoms with Gasteiger partial charge in [0.05, 0.1) is 12.6 Å². The molecule has 0 saturated carbocycles. The molecule has 2 aromatic rings. The van der Waals surface area contributed by atoms with Crippen LogP contribution in [0, 0.1) is 11.7 Å². The molecule has 0 unspecified atom stereocenters. The zero-order valence-electron chi connectivity index (χ0n) is 19.2. The Morgan fingerprint density at radius 1 is 1.06 bits per heavy atom. The molecule has 1 spiro atoms. The van der Waals surface area contributed by atoms with Gasteiger partial charge >= 0.3 is 6.09 Å². The van der Waals surface area contributed by atoms with Crippen LogP contribution >= 0.6 is 0 Å². The summed E-state index contributed by atoms with van der Waals surface area (Å²) in [7, 11) is 2.10. The first kappa shape index (κ1) is 22.6. The standard InChI is InChI=1S/C26H33FN2O3/c1-19(2)18-31-23-10-6-21(7-11-23)17-29-24(16-20-4-8-22(27)9-5-20)26(32-25(29)30)12-14-28(3)15-13-26/h4-11,19,24H,12-18H2,1-3H3/t24-/m1/s1. The number of carbonyl (C=O) groups is 1. The molecule has 5 nitrogen and oxygen atoms in total. The summed E-state index contributed by atoms with van der Waals surface area (Å²) in [6.07, 6.45) is 1.99. The Morgan fingerprint density at radius 3 is 2.31 bits per heavy atom. The number of halogens is 1. The van der Waals surface area contributed by atoms with Crippen LogP contribution < -0.4 is 4.74 Å². The zero-order valence-corrected chi connectivity index (χ0v) is 19.2. The third-order valence-electron chi connectivity index (χ3n) is 6.54. The van der Waals surface area contributed by atoms with Crippen molar-refractivity contribution in [3.8, 4) is 5.75 Å². The normalized spacial score (nSPS) is 20.7. The monoisotopic (exact) mass is 440 g/mol. The number of nitrogens with zero attached hydrogens (tertiary/aromatic N) is 2. The van der Waals surface area contributed by atoms with Crippen molar-refractivity contribution in [2.75, 3.05) is 26.7 Å². The molecule has 2 saturated heterocycles. The lowest BCUT2D eigenvalue weighted by Gasteiger charge is -2.40. The van der Waals surface area contributed by atoms with Crippen molar-refractivity contribution in [3.63, 3.8) is 0 Å². The summed E-state index contributed by atoms with van der Waals surface area (Å²) in [6, 6.07) is 14.4. The summed E-state index contributed by atoms with van der Waals surface area (Å²) in [5, 5.41) is 0. The number of hydrogen-bond acceptors (Lipinski definition) is 4. The van der Waals surface area contributed by atoms with Gasteiger partial charge < -0.3 is 14.4 Å². The van der Waals surface area contributed by atoms with E-state index in [1.807, 2.05) is 29.2 Å². The Hall–Kier alpha value is -2.60. The van der Waals surface area contributed by atoms with Crippen molar-refractivity contribution in [2.24, 2.45) is 5.92 Å². The van der Waals surface area contributed by atoms with Crippen molar-refractivity contribution >= 4 is 6.09 Å². The molecule has 2 aliphatic rings. The highest BCUT2D eigenvalue weighted by Gasteiger charge is 2.54. The molecule has 0 aliphatic carbocycles. The first-order chi connectivity index (χ1) is 15.3. The number of carbonyl (C=O) groups excluding carboxylic acids is 1. The molecule has 1 atom stereocenters. The van der Waals surface area contributed by atoms with E-state index in [0.29, 0.717) is 25.5 Å². The Bertz CT molecular complexity index is 906. The summed E-state index contributed by atoms with van der Waals surface area (Å²) >= 11 is 0. The topological polar surface area (TPSA) is 42.0 Å². The first-order valence-electron chi connectivity index (χ1n) is 11.5. The van der Waals surface area contributed by atoms with Crippen LogP contribution in [0.25, 0.3) is 0 Å². The van der Waals surface area contributed by atoms with Crippen LogP contribution in [0.3, 0.4) is 0 Å². The average molecular weight is 441 g/mol.